The maximum atomic E-state index is 12.6. The van der Waals surface area contributed by atoms with Crippen LogP contribution in [0.2, 0.25) is 0 Å². The summed E-state index contributed by atoms with van der Waals surface area (Å²) in [5, 5.41) is 0. The molecule has 1 aromatic heterocycles. The summed E-state index contributed by atoms with van der Waals surface area (Å²) in [6.07, 6.45) is 2.97. The van der Waals surface area contributed by atoms with Gasteiger partial charge in [0.15, 0.2) is 27.9 Å². The van der Waals surface area contributed by atoms with Gasteiger partial charge in [-0.25, -0.2) is 13.2 Å². The Balaban J connectivity index is 1.62. The van der Waals surface area contributed by atoms with Crippen LogP contribution < -0.4 is 9.47 Å². The van der Waals surface area contributed by atoms with Gasteiger partial charge in [0.25, 0.3) is 0 Å². The molecule has 2 heterocycles. The normalized spacial score (nSPS) is 17.3. The summed E-state index contributed by atoms with van der Waals surface area (Å²) < 4.78 is 64.7. The van der Waals surface area contributed by atoms with E-state index in [4.69, 9.17) is 9.47 Å². The van der Waals surface area contributed by atoms with E-state index in [9.17, 15) is 26.8 Å². The average molecular weight is 498 g/mol. The van der Waals surface area contributed by atoms with Crippen molar-refractivity contribution in [3.63, 3.8) is 0 Å². The second-order valence-electron chi connectivity index (χ2n) is 7.86. The lowest BCUT2D eigenvalue weighted by atomic mass is 10.1. The smallest absolute Gasteiger partial charge is 0.387 e. The van der Waals surface area contributed by atoms with Crippen LogP contribution in [0.5, 0.6) is 11.5 Å². The number of Topliss-reactive ketones (excluding diaryl/α,β-unsaturated/α-hetero) is 1. The molecule has 1 unspecified atom stereocenters. The molecule has 11 heteroatoms. The standard InChI is InChI=1S/C23H25F2NO7S/c1-14-10-18(15(2)26(14)17-8-9-34(29,30)13-17)19(27)12-32-22(28)7-5-16-4-6-20(33-23(24)25)21(11-16)31-3/h4-7,10-11,17,23H,8-9,12-13H2,1-3H3/b7-5+. The lowest BCUT2D eigenvalue weighted by molar-refractivity contribution is -0.136. The van der Waals surface area contributed by atoms with E-state index >= 15 is 0 Å². The number of aryl methyl sites for hydroxylation is 1. The highest BCUT2D eigenvalue weighted by molar-refractivity contribution is 7.91. The fourth-order valence-corrected chi connectivity index (χ4v) is 5.71. The second-order valence-corrected chi connectivity index (χ2v) is 10.1. The first-order chi connectivity index (χ1) is 16.0. The summed E-state index contributed by atoms with van der Waals surface area (Å²) in [4.78, 5) is 24.7. The van der Waals surface area contributed by atoms with Gasteiger partial charge in [-0.3, -0.25) is 4.79 Å². The molecule has 1 aliphatic heterocycles. The molecule has 3 rings (SSSR count). The monoisotopic (exact) mass is 497 g/mol. The number of esters is 1. The number of aromatic nitrogens is 1. The Labute approximate surface area is 196 Å². The molecule has 1 fully saturated rings. The van der Waals surface area contributed by atoms with Gasteiger partial charge in [-0.1, -0.05) is 6.07 Å². The zero-order valence-electron chi connectivity index (χ0n) is 18.9. The number of benzene rings is 1. The summed E-state index contributed by atoms with van der Waals surface area (Å²) in [5.74, 6) is -1.09. The van der Waals surface area contributed by atoms with Crippen LogP contribution in [-0.2, 0) is 19.4 Å². The first kappa shape index (κ1) is 25.4. The molecule has 1 atom stereocenters. The van der Waals surface area contributed by atoms with Gasteiger partial charge in [-0.05, 0) is 50.1 Å². The molecule has 0 radical (unpaired) electrons. The van der Waals surface area contributed by atoms with Gasteiger partial charge in [-0.2, -0.15) is 8.78 Å². The van der Waals surface area contributed by atoms with Crippen molar-refractivity contribution < 1.29 is 41.0 Å². The average Bonchev–Trinajstić information content (AvgIpc) is 3.28. The van der Waals surface area contributed by atoms with Crippen LogP contribution in [0.25, 0.3) is 6.08 Å². The van der Waals surface area contributed by atoms with Crippen molar-refractivity contribution in [2.45, 2.75) is 32.9 Å². The zero-order valence-corrected chi connectivity index (χ0v) is 19.7. The molecule has 8 nitrogen and oxygen atoms in total. The Morgan fingerprint density at radius 1 is 1.21 bits per heavy atom. The van der Waals surface area contributed by atoms with Crippen molar-refractivity contribution in [1.29, 1.82) is 0 Å². The van der Waals surface area contributed by atoms with Gasteiger partial charge in [-0.15, -0.1) is 0 Å². The van der Waals surface area contributed by atoms with Crippen LogP contribution in [0.4, 0.5) is 8.78 Å². The lowest BCUT2D eigenvalue weighted by Gasteiger charge is -2.16. The largest absolute Gasteiger partial charge is 0.493 e. The highest BCUT2D eigenvalue weighted by Gasteiger charge is 2.31. The first-order valence-corrected chi connectivity index (χ1v) is 12.2. The van der Waals surface area contributed by atoms with Gasteiger partial charge < -0.3 is 18.8 Å². The summed E-state index contributed by atoms with van der Waals surface area (Å²) in [6, 6.07) is 5.59. The minimum atomic E-state index is -3.08. The molecule has 0 bridgehead atoms. The summed E-state index contributed by atoms with van der Waals surface area (Å²) >= 11 is 0. The molecular weight excluding hydrogens is 472 g/mol. The molecule has 1 aliphatic rings. The molecule has 0 amide bonds. The van der Waals surface area contributed by atoms with Crippen LogP contribution in [0, 0.1) is 13.8 Å². The third-order valence-corrected chi connectivity index (χ3v) is 7.27. The van der Waals surface area contributed by atoms with E-state index in [0.29, 0.717) is 23.2 Å². The van der Waals surface area contributed by atoms with E-state index in [2.05, 4.69) is 4.74 Å². The Morgan fingerprint density at radius 3 is 2.56 bits per heavy atom. The predicted octanol–water partition coefficient (Wildman–Crippen LogP) is 3.51. The third kappa shape index (κ3) is 6.02. The molecule has 1 aromatic carbocycles. The molecule has 1 saturated heterocycles. The fraction of sp³-hybridized carbons (Fsp3) is 0.391. The number of sulfone groups is 1. The SMILES string of the molecule is COc1cc(/C=C/C(=O)OCC(=O)c2cc(C)n(C3CCS(=O)(=O)C3)c2C)ccc1OC(F)F. The molecule has 0 spiro atoms. The maximum Gasteiger partial charge on any atom is 0.387 e. The number of ketones is 1. The van der Waals surface area contributed by atoms with Gasteiger partial charge in [0.2, 0.25) is 5.78 Å². The van der Waals surface area contributed by atoms with E-state index in [1.807, 2.05) is 4.57 Å². The van der Waals surface area contributed by atoms with Gasteiger partial charge >= 0.3 is 12.6 Å². The maximum absolute atomic E-state index is 12.6. The van der Waals surface area contributed by atoms with E-state index in [-0.39, 0.29) is 29.0 Å². The van der Waals surface area contributed by atoms with Gasteiger partial charge in [0.1, 0.15) is 0 Å². The molecule has 0 N–H and O–H groups in total. The van der Waals surface area contributed by atoms with Crippen molar-refractivity contribution in [2.24, 2.45) is 0 Å². The number of rotatable bonds is 9. The van der Waals surface area contributed by atoms with E-state index in [0.717, 1.165) is 11.8 Å². The van der Waals surface area contributed by atoms with Crippen molar-refractivity contribution in [3.05, 3.63) is 52.9 Å². The highest BCUT2D eigenvalue weighted by Crippen LogP contribution is 2.30. The minimum absolute atomic E-state index is 0.0385. The Bertz CT molecular complexity index is 1220. The predicted molar refractivity (Wildman–Crippen MR) is 120 cm³/mol. The van der Waals surface area contributed by atoms with Crippen LogP contribution in [0.15, 0.2) is 30.3 Å². The zero-order chi connectivity index (χ0) is 25.0. The van der Waals surface area contributed by atoms with E-state index in [1.54, 1.807) is 19.9 Å². The van der Waals surface area contributed by atoms with Crippen molar-refractivity contribution in [3.8, 4) is 11.5 Å². The molecule has 184 valence electrons. The number of ether oxygens (including phenoxy) is 3. The number of halogens is 2. The van der Waals surface area contributed by atoms with Crippen molar-refractivity contribution >= 4 is 27.7 Å². The number of methoxy groups -OCH3 is 1. The topological polar surface area (TPSA) is 101 Å². The second kappa shape index (κ2) is 10.4. The lowest BCUT2D eigenvalue weighted by Crippen LogP contribution is -2.16. The molecular formula is C23H25F2NO7S. The third-order valence-electron chi connectivity index (χ3n) is 5.52. The van der Waals surface area contributed by atoms with E-state index in [1.165, 1.54) is 31.4 Å². The molecule has 34 heavy (non-hydrogen) atoms. The number of carbonyl (C=O) groups is 2. The quantitative estimate of drug-likeness (QED) is 0.297. The minimum Gasteiger partial charge on any atom is -0.493 e. The fourth-order valence-electron chi connectivity index (χ4n) is 4.01. The summed E-state index contributed by atoms with van der Waals surface area (Å²) in [7, 11) is -1.79. The van der Waals surface area contributed by atoms with Crippen molar-refractivity contribution in [1.82, 2.24) is 4.57 Å². The number of carbonyl (C=O) groups excluding carboxylic acids is 2. The van der Waals surface area contributed by atoms with Crippen LogP contribution in [0.3, 0.4) is 0 Å². The summed E-state index contributed by atoms with van der Waals surface area (Å²) in [6.45, 7) is 0.0520. The van der Waals surface area contributed by atoms with Crippen LogP contribution in [-0.4, -0.2) is 56.6 Å². The van der Waals surface area contributed by atoms with Gasteiger partial charge in [0, 0.05) is 29.1 Å². The Kier molecular flexibility index (Phi) is 7.75. The van der Waals surface area contributed by atoms with Crippen LogP contribution >= 0.6 is 0 Å². The molecule has 2 aromatic rings. The molecule has 0 saturated carbocycles. The van der Waals surface area contributed by atoms with Gasteiger partial charge in [0.05, 0.1) is 18.6 Å². The Hall–Kier alpha value is -3.21. The molecule has 0 aliphatic carbocycles. The van der Waals surface area contributed by atoms with Crippen molar-refractivity contribution in [2.75, 3.05) is 25.2 Å². The Morgan fingerprint density at radius 2 is 1.94 bits per heavy atom. The van der Waals surface area contributed by atoms with E-state index < -0.39 is 34.8 Å². The highest BCUT2D eigenvalue weighted by atomic mass is 32.2. The number of hydrogen-bond donors (Lipinski definition) is 0. The number of nitrogens with zero attached hydrogens (tertiary/aromatic N) is 1. The number of alkyl halides is 2. The summed E-state index contributed by atoms with van der Waals surface area (Å²) in [5.41, 5.74) is 2.24. The van der Waals surface area contributed by atoms with Crippen LogP contribution in [0.1, 0.15) is 39.8 Å². The first-order valence-electron chi connectivity index (χ1n) is 10.4. The number of hydrogen-bond acceptors (Lipinski definition) is 7.